The number of carbonyl (C=O) groups is 2. The standard InChI is InChI=1S/C26H26ClN3O2/c1-16-6-5-7-17(2)30(16)25(31)15-29-14-18(20-8-3-4-9-24(20)29)12-22-21-11-10-19(27)13-23(21)28-26(22)32/h3-4,8-14,16-17H,5-7,15H2,1-2H3,(H,28,32)/b22-12+. The average molecular weight is 448 g/mol. The maximum absolute atomic E-state index is 13.2. The molecule has 0 radical (unpaired) electrons. The first-order valence-electron chi connectivity index (χ1n) is 11.1. The van der Waals surface area contributed by atoms with Gasteiger partial charge in [0.15, 0.2) is 0 Å². The minimum atomic E-state index is -0.147. The second kappa shape index (κ2) is 8.14. The highest BCUT2D eigenvalue weighted by Crippen LogP contribution is 2.36. The van der Waals surface area contributed by atoms with Crippen molar-refractivity contribution in [3.05, 3.63) is 64.8 Å². The summed E-state index contributed by atoms with van der Waals surface area (Å²) in [6, 6.07) is 14.0. The van der Waals surface area contributed by atoms with Crippen LogP contribution in [-0.4, -0.2) is 33.4 Å². The number of nitrogens with one attached hydrogen (secondary N) is 1. The smallest absolute Gasteiger partial charge is 0.256 e. The van der Waals surface area contributed by atoms with Gasteiger partial charge >= 0.3 is 0 Å². The van der Waals surface area contributed by atoms with E-state index in [-0.39, 0.29) is 30.4 Å². The van der Waals surface area contributed by atoms with Crippen LogP contribution < -0.4 is 5.32 Å². The molecule has 2 aliphatic rings. The number of para-hydroxylation sites is 1. The molecule has 1 N–H and O–H groups in total. The van der Waals surface area contributed by atoms with E-state index in [0.717, 1.165) is 40.6 Å². The van der Waals surface area contributed by atoms with Crippen molar-refractivity contribution in [2.24, 2.45) is 0 Å². The minimum Gasteiger partial charge on any atom is -0.337 e. The molecule has 3 aromatic rings. The largest absolute Gasteiger partial charge is 0.337 e. The van der Waals surface area contributed by atoms with Gasteiger partial charge in [-0.2, -0.15) is 0 Å². The highest BCUT2D eigenvalue weighted by atomic mass is 35.5. The molecule has 164 valence electrons. The summed E-state index contributed by atoms with van der Waals surface area (Å²) >= 11 is 6.08. The number of aromatic nitrogens is 1. The summed E-state index contributed by atoms with van der Waals surface area (Å²) < 4.78 is 2.01. The highest BCUT2D eigenvalue weighted by molar-refractivity contribution is 6.36. The van der Waals surface area contributed by atoms with Gasteiger partial charge < -0.3 is 14.8 Å². The predicted molar refractivity (Wildman–Crippen MR) is 130 cm³/mol. The van der Waals surface area contributed by atoms with Crippen LogP contribution in [0.2, 0.25) is 5.02 Å². The summed E-state index contributed by atoms with van der Waals surface area (Å²) in [5.74, 6) is -0.00519. The number of amides is 2. The third-order valence-corrected chi connectivity index (χ3v) is 6.91. The van der Waals surface area contributed by atoms with Crippen LogP contribution >= 0.6 is 11.6 Å². The van der Waals surface area contributed by atoms with Crippen LogP contribution in [-0.2, 0) is 16.1 Å². The molecule has 2 amide bonds. The SMILES string of the molecule is CC1CCCC(C)N1C(=O)Cn1cc(/C=C2/C(=O)Nc3cc(Cl)ccc32)c2ccccc21. The van der Waals surface area contributed by atoms with Crippen molar-refractivity contribution >= 4 is 51.7 Å². The molecule has 6 heteroatoms. The summed E-state index contributed by atoms with van der Waals surface area (Å²) in [5.41, 5.74) is 4.06. The van der Waals surface area contributed by atoms with Gasteiger partial charge in [-0.05, 0) is 57.4 Å². The molecule has 0 spiro atoms. The van der Waals surface area contributed by atoms with Crippen LogP contribution in [0.25, 0.3) is 22.6 Å². The summed E-state index contributed by atoms with van der Waals surface area (Å²) in [6.45, 7) is 4.57. The van der Waals surface area contributed by atoms with Crippen molar-refractivity contribution in [2.75, 3.05) is 5.32 Å². The summed E-state index contributed by atoms with van der Waals surface area (Å²) in [5, 5.41) is 4.49. The Balaban J connectivity index is 1.52. The molecule has 1 aromatic heterocycles. The number of carbonyl (C=O) groups excluding carboxylic acids is 2. The van der Waals surface area contributed by atoms with Gasteiger partial charge in [-0.25, -0.2) is 0 Å². The Morgan fingerprint density at radius 3 is 2.69 bits per heavy atom. The fourth-order valence-corrected chi connectivity index (χ4v) is 5.30. The lowest BCUT2D eigenvalue weighted by Gasteiger charge is -2.39. The molecule has 2 aliphatic heterocycles. The number of hydrogen-bond donors (Lipinski definition) is 1. The lowest BCUT2D eigenvalue weighted by Crippen LogP contribution is -2.48. The van der Waals surface area contributed by atoms with E-state index < -0.39 is 0 Å². The van der Waals surface area contributed by atoms with E-state index >= 15 is 0 Å². The molecule has 1 saturated heterocycles. The van der Waals surface area contributed by atoms with Gasteiger partial charge in [0.1, 0.15) is 6.54 Å². The number of hydrogen-bond acceptors (Lipinski definition) is 2. The zero-order valence-corrected chi connectivity index (χ0v) is 19.0. The maximum Gasteiger partial charge on any atom is 0.256 e. The zero-order chi connectivity index (χ0) is 22.4. The predicted octanol–water partition coefficient (Wildman–Crippen LogP) is 5.58. The van der Waals surface area contributed by atoms with Crippen LogP contribution in [0.3, 0.4) is 0 Å². The molecule has 0 bridgehead atoms. The van der Waals surface area contributed by atoms with Crippen LogP contribution in [0.5, 0.6) is 0 Å². The van der Waals surface area contributed by atoms with Crippen molar-refractivity contribution in [3.63, 3.8) is 0 Å². The Hall–Kier alpha value is -3.05. The number of likely N-dealkylation sites (tertiary alicyclic amines) is 1. The Labute approximate surface area is 192 Å². The molecule has 2 aromatic carbocycles. The topological polar surface area (TPSA) is 54.3 Å². The molecule has 3 heterocycles. The second-order valence-electron chi connectivity index (χ2n) is 8.86. The van der Waals surface area contributed by atoms with Gasteiger partial charge in [0.25, 0.3) is 5.91 Å². The number of halogens is 1. The number of anilines is 1. The Bertz CT molecular complexity index is 1250. The van der Waals surface area contributed by atoms with E-state index in [1.165, 1.54) is 6.42 Å². The van der Waals surface area contributed by atoms with E-state index in [9.17, 15) is 9.59 Å². The van der Waals surface area contributed by atoms with E-state index in [1.54, 1.807) is 12.1 Å². The van der Waals surface area contributed by atoms with Gasteiger partial charge in [0.2, 0.25) is 5.91 Å². The van der Waals surface area contributed by atoms with E-state index in [0.29, 0.717) is 10.6 Å². The molecule has 0 saturated carbocycles. The zero-order valence-electron chi connectivity index (χ0n) is 18.3. The quantitative estimate of drug-likeness (QED) is 0.533. The number of nitrogens with zero attached hydrogens (tertiary/aromatic N) is 2. The van der Waals surface area contributed by atoms with Crippen molar-refractivity contribution in [1.82, 2.24) is 9.47 Å². The molecular formula is C26H26ClN3O2. The van der Waals surface area contributed by atoms with Crippen molar-refractivity contribution in [3.8, 4) is 0 Å². The molecule has 5 nitrogen and oxygen atoms in total. The maximum atomic E-state index is 13.2. The van der Waals surface area contributed by atoms with Crippen molar-refractivity contribution in [2.45, 2.75) is 51.7 Å². The third-order valence-electron chi connectivity index (χ3n) is 6.67. The average Bonchev–Trinajstić information content (AvgIpc) is 3.25. The van der Waals surface area contributed by atoms with E-state index in [4.69, 9.17) is 11.6 Å². The molecule has 32 heavy (non-hydrogen) atoms. The monoisotopic (exact) mass is 447 g/mol. The molecular weight excluding hydrogens is 422 g/mol. The van der Waals surface area contributed by atoms with Crippen molar-refractivity contribution < 1.29 is 9.59 Å². The lowest BCUT2D eigenvalue weighted by molar-refractivity contribution is -0.137. The fourth-order valence-electron chi connectivity index (χ4n) is 5.13. The summed E-state index contributed by atoms with van der Waals surface area (Å²) in [4.78, 5) is 27.9. The first kappa shape index (κ1) is 20.8. The van der Waals surface area contributed by atoms with Gasteiger partial charge in [-0.15, -0.1) is 0 Å². The molecule has 2 atom stereocenters. The Morgan fingerprint density at radius 1 is 1.16 bits per heavy atom. The molecule has 5 rings (SSSR count). The van der Waals surface area contributed by atoms with Crippen LogP contribution in [0, 0.1) is 0 Å². The number of fused-ring (bicyclic) bond motifs is 2. The van der Waals surface area contributed by atoms with Gasteiger partial charge in [0.05, 0.1) is 5.69 Å². The van der Waals surface area contributed by atoms with Gasteiger partial charge in [-0.1, -0.05) is 35.9 Å². The first-order valence-corrected chi connectivity index (χ1v) is 11.5. The molecule has 1 fully saturated rings. The van der Waals surface area contributed by atoms with Gasteiger partial charge in [0, 0.05) is 50.9 Å². The van der Waals surface area contributed by atoms with Gasteiger partial charge in [-0.3, -0.25) is 9.59 Å². The summed E-state index contributed by atoms with van der Waals surface area (Å²) in [7, 11) is 0. The molecule has 0 aliphatic carbocycles. The summed E-state index contributed by atoms with van der Waals surface area (Å²) in [6.07, 6.45) is 7.17. The first-order chi connectivity index (χ1) is 15.4. The lowest BCUT2D eigenvalue weighted by atomic mass is 9.97. The molecule has 2 unspecified atom stereocenters. The van der Waals surface area contributed by atoms with Crippen molar-refractivity contribution in [1.29, 1.82) is 0 Å². The van der Waals surface area contributed by atoms with E-state index in [1.807, 2.05) is 52.1 Å². The number of benzene rings is 2. The van der Waals surface area contributed by atoms with E-state index in [2.05, 4.69) is 19.2 Å². The second-order valence-corrected chi connectivity index (χ2v) is 9.30. The number of piperidine rings is 1. The van der Waals surface area contributed by atoms with Crippen LogP contribution in [0.1, 0.15) is 44.2 Å². The normalized spacial score (nSPS) is 21.8. The minimum absolute atomic E-state index is 0.142. The third kappa shape index (κ3) is 3.61. The van der Waals surface area contributed by atoms with Crippen LogP contribution in [0.4, 0.5) is 5.69 Å². The Morgan fingerprint density at radius 2 is 1.91 bits per heavy atom. The number of rotatable bonds is 3. The highest BCUT2D eigenvalue weighted by Gasteiger charge is 2.29. The van der Waals surface area contributed by atoms with Crippen LogP contribution in [0.15, 0.2) is 48.7 Å². The Kier molecular flexibility index (Phi) is 5.30. The fraction of sp³-hybridized carbons (Fsp3) is 0.308.